The van der Waals surface area contributed by atoms with Crippen LogP contribution in [0.5, 0.6) is 11.5 Å². The zero-order chi connectivity index (χ0) is 14.1. The number of ether oxygens (including phenoxy) is 2. The zero-order valence-corrected chi connectivity index (χ0v) is 11.8. The molecule has 20 heavy (non-hydrogen) atoms. The van der Waals surface area contributed by atoms with E-state index >= 15 is 0 Å². The van der Waals surface area contributed by atoms with Gasteiger partial charge in [0.05, 0.1) is 14.2 Å². The van der Waals surface area contributed by atoms with Crippen LogP contribution in [-0.2, 0) is 6.42 Å². The minimum Gasteiger partial charge on any atom is -0.493 e. The number of hydrogen-bond donors (Lipinski definition) is 1. The highest BCUT2D eigenvalue weighted by atomic mass is 16.5. The molecule has 0 heterocycles. The number of rotatable bonds is 3. The van der Waals surface area contributed by atoms with Gasteiger partial charge in [-0.15, -0.1) is 0 Å². The summed E-state index contributed by atoms with van der Waals surface area (Å²) in [6, 6.07) is 12.6. The summed E-state index contributed by atoms with van der Waals surface area (Å²) in [7, 11) is 3.36. The normalized spacial score (nSPS) is 16.2. The average molecular weight is 269 g/mol. The summed E-state index contributed by atoms with van der Waals surface area (Å²) in [5, 5.41) is 0. The standard InChI is InChI=1S/C17H19NO2/c1-19-16-8-7-13-14(17(16)20-2)9-11-5-3-4-6-12(11)15(13)10-18/h3-8,15H,9-10,18H2,1-2H3/t15-/m1/s1. The Bertz CT molecular complexity index is 637. The first-order valence-electron chi connectivity index (χ1n) is 6.81. The molecule has 2 aromatic rings. The SMILES string of the molecule is COc1ccc2c(c1OC)Cc1ccccc1[C@H]2CN. The predicted octanol–water partition coefficient (Wildman–Crippen LogP) is 2.70. The van der Waals surface area contributed by atoms with Crippen molar-refractivity contribution in [3.8, 4) is 11.5 Å². The molecule has 0 saturated heterocycles. The monoisotopic (exact) mass is 269 g/mol. The van der Waals surface area contributed by atoms with Gasteiger partial charge in [0.25, 0.3) is 0 Å². The Kier molecular flexibility index (Phi) is 3.36. The van der Waals surface area contributed by atoms with E-state index in [1.165, 1.54) is 22.3 Å². The summed E-state index contributed by atoms with van der Waals surface area (Å²) >= 11 is 0. The summed E-state index contributed by atoms with van der Waals surface area (Å²) in [5.74, 6) is 1.84. The molecule has 0 amide bonds. The number of nitrogens with two attached hydrogens (primary N) is 1. The summed E-state index contributed by atoms with van der Waals surface area (Å²) in [5.41, 5.74) is 11.1. The molecule has 0 saturated carbocycles. The Labute approximate surface area is 119 Å². The van der Waals surface area contributed by atoms with Crippen molar-refractivity contribution in [1.29, 1.82) is 0 Å². The number of fused-ring (bicyclic) bond motifs is 2. The Morgan fingerprint density at radius 2 is 1.85 bits per heavy atom. The van der Waals surface area contributed by atoms with Gasteiger partial charge in [-0.25, -0.2) is 0 Å². The van der Waals surface area contributed by atoms with Gasteiger partial charge in [0.15, 0.2) is 11.5 Å². The first kappa shape index (κ1) is 13.0. The van der Waals surface area contributed by atoms with Gasteiger partial charge in [-0.1, -0.05) is 30.3 Å². The highest BCUT2D eigenvalue weighted by Crippen LogP contribution is 2.43. The fourth-order valence-corrected chi connectivity index (χ4v) is 3.16. The van der Waals surface area contributed by atoms with E-state index < -0.39 is 0 Å². The van der Waals surface area contributed by atoms with Crippen LogP contribution in [0.25, 0.3) is 0 Å². The minimum atomic E-state index is 0.231. The molecule has 3 rings (SSSR count). The highest BCUT2D eigenvalue weighted by Gasteiger charge is 2.27. The third-order valence-corrected chi connectivity index (χ3v) is 4.09. The van der Waals surface area contributed by atoms with Crippen molar-refractivity contribution in [3.05, 3.63) is 58.7 Å². The van der Waals surface area contributed by atoms with Crippen LogP contribution >= 0.6 is 0 Å². The maximum Gasteiger partial charge on any atom is 0.164 e. The lowest BCUT2D eigenvalue weighted by atomic mass is 9.77. The smallest absolute Gasteiger partial charge is 0.164 e. The van der Waals surface area contributed by atoms with Crippen molar-refractivity contribution in [2.75, 3.05) is 20.8 Å². The van der Waals surface area contributed by atoms with Crippen molar-refractivity contribution >= 4 is 0 Å². The molecular weight excluding hydrogens is 250 g/mol. The van der Waals surface area contributed by atoms with Gasteiger partial charge in [0, 0.05) is 24.4 Å². The van der Waals surface area contributed by atoms with Crippen LogP contribution < -0.4 is 15.2 Å². The lowest BCUT2D eigenvalue weighted by Gasteiger charge is -2.29. The lowest BCUT2D eigenvalue weighted by molar-refractivity contribution is 0.351. The summed E-state index contributed by atoms with van der Waals surface area (Å²) in [6.45, 7) is 0.597. The van der Waals surface area contributed by atoms with E-state index in [0.717, 1.165) is 17.9 Å². The van der Waals surface area contributed by atoms with E-state index in [-0.39, 0.29) is 5.92 Å². The second-order valence-corrected chi connectivity index (χ2v) is 5.03. The quantitative estimate of drug-likeness (QED) is 0.931. The molecule has 0 unspecified atom stereocenters. The molecular formula is C17H19NO2. The van der Waals surface area contributed by atoms with Gasteiger partial charge < -0.3 is 15.2 Å². The molecule has 2 N–H and O–H groups in total. The predicted molar refractivity (Wildman–Crippen MR) is 79.7 cm³/mol. The molecule has 0 aromatic heterocycles. The van der Waals surface area contributed by atoms with Gasteiger partial charge in [-0.05, 0) is 22.8 Å². The van der Waals surface area contributed by atoms with Crippen LogP contribution in [-0.4, -0.2) is 20.8 Å². The molecule has 0 radical (unpaired) electrons. The largest absolute Gasteiger partial charge is 0.493 e. The lowest BCUT2D eigenvalue weighted by Crippen LogP contribution is -2.21. The van der Waals surface area contributed by atoms with Crippen LogP contribution in [0.3, 0.4) is 0 Å². The molecule has 0 bridgehead atoms. The van der Waals surface area contributed by atoms with E-state index in [1.807, 2.05) is 6.07 Å². The molecule has 1 atom stereocenters. The third kappa shape index (κ3) is 1.86. The molecule has 3 heteroatoms. The van der Waals surface area contributed by atoms with Crippen molar-refractivity contribution in [2.45, 2.75) is 12.3 Å². The Morgan fingerprint density at radius 3 is 2.55 bits per heavy atom. The fraction of sp³-hybridized carbons (Fsp3) is 0.294. The fourth-order valence-electron chi connectivity index (χ4n) is 3.16. The molecule has 2 aromatic carbocycles. The van der Waals surface area contributed by atoms with Crippen LogP contribution in [0.15, 0.2) is 36.4 Å². The zero-order valence-electron chi connectivity index (χ0n) is 11.8. The molecule has 0 aliphatic heterocycles. The van der Waals surface area contributed by atoms with E-state index in [1.54, 1.807) is 14.2 Å². The average Bonchev–Trinajstić information content (AvgIpc) is 2.51. The summed E-state index contributed by atoms with van der Waals surface area (Å²) in [4.78, 5) is 0. The Balaban J connectivity index is 2.21. The molecule has 0 fully saturated rings. The van der Waals surface area contributed by atoms with Crippen LogP contribution in [0.4, 0.5) is 0 Å². The maximum absolute atomic E-state index is 6.02. The summed E-state index contributed by atoms with van der Waals surface area (Å²) in [6.07, 6.45) is 0.863. The Morgan fingerprint density at radius 1 is 1.05 bits per heavy atom. The molecule has 3 nitrogen and oxygen atoms in total. The first-order chi connectivity index (χ1) is 9.80. The van der Waals surface area contributed by atoms with E-state index in [9.17, 15) is 0 Å². The molecule has 104 valence electrons. The van der Waals surface area contributed by atoms with Gasteiger partial charge in [0.1, 0.15) is 0 Å². The van der Waals surface area contributed by atoms with Gasteiger partial charge in [0.2, 0.25) is 0 Å². The van der Waals surface area contributed by atoms with E-state index in [4.69, 9.17) is 15.2 Å². The Hall–Kier alpha value is -2.00. The number of methoxy groups -OCH3 is 2. The second-order valence-electron chi connectivity index (χ2n) is 5.03. The summed E-state index contributed by atoms with van der Waals surface area (Å²) < 4.78 is 11.0. The van der Waals surface area contributed by atoms with Crippen molar-refractivity contribution in [2.24, 2.45) is 5.73 Å². The molecule has 1 aliphatic carbocycles. The number of hydrogen-bond acceptors (Lipinski definition) is 3. The minimum absolute atomic E-state index is 0.231. The van der Waals surface area contributed by atoms with Crippen LogP contribution in [0, 0.1) is 0 Å². The van der Waals surface area contributed by atoms with Crippen molar-refractivity contribution < 1.29 is 9.47 Å². The first-order valence-corrected chi connectivity index (χ1v) is 6.81. The van der Waals surface area contributed by atoms with Crippen LogP contribution in [0.2, 0.25) is 0 Å². The maximum atomic E-state index is 6.02. The highest BCUT2D eigenvalue weighted by molar-refractivity contribution is 5.59. The second kappa shape index (κ2) is 5.17. The van der Waals surface area contributed by atoms with Crippen molar-refractivity contribution in [1.82, 2.24) is 0 Å². The van der Waals surface area contributed by atoms with Gasteiger partial charge in [-0.2, -0.15) is 0 Å². The van der Waals surface area contributed by atoms with Gasteiger partial charge >= 0.3 is 0 Å². The van der Waals surface area contributed by atoms with E-state index in [0.29, 0.717) is 6.54 Å². The third-order valence-electron chi connectivity index (χ3n) is 4.09. The molecule has 1 aliphatic rings. The van der Waals surface area contributed by atoms with E-state index in [2.05, 4.69) is 30.3 Å². The molecule has 0 spiro atoms. The topological polar surface area (TPSA) is 44.5 Å². The van der Waals surface area contributed by atoms with Crippen LogP contribution in [0.1, 0.15) is 28.2 Å². The number of benzene rings is 2. The van der Waals surface area contributed by atoms with Crippen molar-refractivity contribution in [3.63, 3.8) is 0 Å². The van der Waals surface area contributed by atoms with Gasteiger partial charge in [-0.3, -0.25) is 0 Å².